The van der Waals surface area contributed by atoms with E-state index in [1.165, 1.54) is 0 Å². The summed E-state index contributed by atoms with van der Waals surface area (Å²) in [7, 11) is 4.08. The second-order valence-corrected chi connectivity index (χ2v) is 8.51. The van der Waals surface area contributed by atoms with Gasteiger partial charge in [-0.25, -0.2) is 0 Å². The summed E-state index contributed by atoms with van der Waals surface area (Å²) in [5.41, 5.74) is 5.17. The van der Waals surface area contributed by atoms with Crippen LogP contribution in [0.15, 0.2) is 109 Å². The van der Waals surface area contributed by atoms with Crippen LogP contribution in [0.4, 0.5) is 11.4 Å². The number of ketones is 2. The number of benzene rings is 4. The minimum absolute atomic E-state index is 0.0661. The van der Waals surface area contributed by atoms with E-state index in [4.69, 9.17) is 0 Å². The molecule has 0 N–H and O–H groups in total. The first kappa shape index (κ1) is 26.4. The predicted octanol–water partition coefficient (Wildman–Crippen LogP) is 6.75. The van der Waals surface area contributed by atoms with Gasteiger partial charge < -0.3 is 9.80 Å². The van der Waals surface area contributed by atoms with Gasteiger partial charge >= 0.3 is 0 Å². The molecule has 0 saturated carbocycles. The van der Waals surface area contributed by atoms with Crippen molar-refractivity contribution in [2.45, 2.75) is 13.8 Å². The van der Waals surface area contributed by atoms with Gasteiger partial charge in [-0.2, -0.15) is 0 Å². The molecule has 4 nitrogen and oxygen atoms in total. The average Bonchev–Trinajstić information content (AvgIpc) is 2.97. The minimum Gasteiger partial charge on any atom is -0.375 e. The predicted molar refractivity (Wildman–Crippen MR) is 151 cm³/mol. The van der Waals surface area contributed by atoms with Crippen LogP contribution >= 0.6 is 0 Å². The Kier molecular flexibility index (Phi) is 9.58. The second-order valence-electron chi connectivity index (χ2n) is 8.51. The Balaban J connectivity index is 0.000000221. The number of nitrogens with zero attached hydrogens (tertiary/aromatic N) is 2. The molecule has 0 bridgehead atoms. The summed E-state index contributed by atoms with van der Waals surface area (Å²) in [5, 5.41) is 0. The van der Waals surface area contributed by atoms with Gasteiger partial charge in [-0.05, 0) is 62.4 Å². The Labute approximate surface area is 214 Å². The summed E-state index contributed by atoms with van der Waals surface area (Å²) in [6.45, 7) is 6.10. The fourth-order valence-corrected chi connectivity index (χ4v) is 3.61. The standard InChI is InChI=1S/C19H24N2O.C13H10O/c1-5-20(3)17-11-7-15(8-12-17)19(22)16-9-13-18(14-10-16)21(4)6-2;14-13(11-7-3-1-4-8-11)12-9-5-2-6-10-12/h7-14H,5-6H2,1-4H3;1-10H. The summed E-state index contributed by atoms with van der Waals surface area (Å²) in [4.78, 5) is 28.7. The van der Waals surface area contributed by atoms with E-state index in [2.05, 4.69) is 23.6 Å². The molecular weight excluding hydrogens is 444 g/mol. The summed E-state index contributed by atoms with van der Waals surface area (Å²) in [5.74, 6) is 0.141. The summed E-state index contributed by atoms with van der Waals surface area (Å²) >= 11 is 0. The molecule has 0 heterocycles. The maximum absolute atomic E-state index is 12.5. The van der Waals surface area contributed by atoms with E-state index in [-0.39, 0.29) is 11.6 Å². The lowest BCUT2D eigenvalue weighted by atomic mass is 10.0. The highest BCUT2D eigenvalue weighted by Gasteiger charge is 2.10. The molecule has 0 fully saturated rings. The van der Waals surface area contributed by atoms with Crippen LogP contribution in [0.1, 0.15) is 45.7 Å². The van der Waals surface area contributed by atoms with E-state index >= 15 is 0 Å². The lowest BCUT2D eigenvalue weighted by molar-refractivity contribution is 0.103. The molecular formula is C32H34N2O2. The smallest absolute Gasteiger partial charge is 0.193 e. The average molecular weight is 479 g/mol. The lowest BCUT2D eigenvalue weighted by Gasteiger charge is -2.17. The van der Waals surface area contributed by atoms with E-state index in [9.17, 15) is 9.59 Å². The highest BCUT2D eigenvalue weighted by atomic mass is 16.1. The van der Waals surface area contributed by atoms with Crippen molar-refractivity contribution in [2.24, 2.45) is 0 Å². The summed E-state index contributed by atoms with van der Waals surface area (Å²) in [6.07, 6.45) is 0. The van der Waals surface area contributed by atoms with Gasteiger partial charge in [-0.3, -0.25) is 9.59 Å². The molecule has 0 radical (unpaired) electrons. The fourth-order valence-electron chi connectivity index (χ4n) is 3.61. The zero-order chi connectivity index (χ0) is 25.9. The van der Waals surface area contributed by atoms with Crippen molar-refractivity contribution in [3.63, 3.8) is 0 Å². The normalized spacial score (nSPS) is 10.1. The van der Waals surface area contributed by atoms with Gasteiger partial charge in [0.25, 0.3) is 0 Å². The first-order valence-electron chi connectivity index (χ1n) is 12.3. The first-order valence-corrected chi connectivity index (χ1v) is 12.3. The molecule has 0 atom stereocenters. The Hall–Kier alpha value is -4.18. The molecule has 0 aliphatic carbocycles. The van der Waals surface area contributed by atoms with Gasteiger partial charge in [0.05, 0.1) is 0 Å². The van der Waals surface area contributed by atoms with Crippen LogP contribution in [0.3, 0.4) is 0 Å². The maximum Gasteiger partial charge on any atom is 0.193 e. The molecule has 4 rings (SSSR count). The van der Waals surface area contributed by atoms with Crippen LogP contribution < -0.4 is 9.80 Å². The number of carbonyl (C=O) groups excluding carboxylic acids is 2. The third kappa shape index (κ3) is 6.92. The van der Waals surface area contributed by atoms with Crippen molar-refractivity contribution in [2.75, 3.05) is 37.0 Å². The molecule has 0 spiro atoms. The molecule has 0 aliphatic heterocycles. The molecule has 184 valence electrons. The van der Waals surface area contributed by atoms with Crippen molar-refractivity contribution in [1.29, 1.82) is 0 Å². The van der Waals surface area contributed by atoms with E-state index < -0.39 is 0 Å². The Morgan fingerprint density at radius 1 is 0.472 bits per heavy atom. The molecule has 0 aliphatic rings. The Morgan fingerprint density at radius 3 is 1.03 bits per heavy atom. The monoisotopic (exact) mass is 478 g/mol. The van der Waals surface area contributed by atoms with Crippen molar-refractivity contribution >= 4 is 22.9 Å². The first-order chi connectivity index (χ1) is 17.4. The number of anilines is 2. The molecule has 0 amide bonds. The fraction of sp³-hybridized carbons (Fsp3) is 0.188. The molecule has 0 aromatic heterocycles. The van der Waals surface area contributed by atoms with Crippen LogP contribution in [0.2, 0.25) is 0 Å². The number of hydrogen-bond donors (Lipinski definition) is 0. The maximum atomic E-state index is 12.5. The van der Waals surface area contributed by atoms with Gasteiger partial charge in [0.1, 0.15) is 0 Å². The van der Waals surface area contributed by atoms with E-state index in [0.717, 1.165) is 46.7 Å². The number of carbonyl (C=O) groups is 2. The highest BCUT2D eigenvalue weighted by Crippen LogP contribution is 2.19. The summed E-state index contributed by atoms with van der Waals surface area (Å²) < 4.78 is 0. The van der Waals surface area contributed by atoms with Crippen molar-refractivity contribution in [3.05, 3.63) is 131 Å². The van der Waals surface area contributed by atoms with Gasteiger partial charge in [0.2, 0.25) is 0 Å². The van der Waals surface area contributed by atoms with Gasteiger partial charge in [0.15, 0.2) is 11.6 Å². The molecule has 4 heteroatoms. The summed E-state index contributed by atoms with van der Waals surface area (Å²) in [6, 6.07) is 34.2. The van der Waals surface area contributed by atoms with Gasteiger partial charge in [0, 0.05) is 60.8 Å². The third-order valence-electron chi connectivity index (χ3n) is 6.16. The lowest BCUT2D eigenvalue weighted by Crippen LogP contribution is -2.16. The van der Waals surface area contributed by atoms with Crippen LogP contribution in [-0.2, 0) is 0 Å². The van der Waals surface area contributed by atoms with Crippen molar-refractivity contribution in [1.82, 2.24) is 0 Å². The zero-order valence-electron chi connectivity index (χ0n) is 21.5. The SMILES string of the molecule is CCN(C)c1ccc(C(=O)c2ccc(N(C)CC)cc2)cc1.O=C(c1ccccc1)c1ccccc1. The van der Waals surface area contributed by atoms with Crippen LogP contribution in [0.25, 0.3) is 0 Å². The van der Waals surface area contributed by atoms with Crippen molar-refractivity contribution < 1.29 is 9.59 Å². The van der Waals surface area contributed by atoms with Crippen LogP contribution in [-0.4, -0.2) is 38.8 Å². The van der Waals surface area contributed by atoms with Crippen molar-refractivity contribution in [3.8, 4) is 0 Å². The molecule has 0 unspecified atom stereocenters. The third-order valence-corrected chi connectivity index (χ3v) is 6.16. The second kappa shape index (κ2) is 13.1. The minimum atomic E-state index is 0.0661. The molecule has 4 aromatic rings. The van der Waals surface area contributed by atoms with E-state index in [1.54, 1.807) is 0 Å². The van der Waals surface area contributed by atoms with E-state index in [1.807, 2.05) is 123 Å². The Morgan fingerprint density at radius 2 is 0.750 bits per heavy atom. The molecule has 4 aromatic carbocycles. The van der Waals surface area contributed by atoms with Crippen LogP contribution in [0, 0.1) is 0 Å². The van der Waals surface area contributed by atoms with Gasteiger partial charge in [-0.1, -0.05) is 60.7 Å². The van der Waals surface area contributed by atoms with Gasteiger partial charge in [-0.15, -0.1) is 0 Å². The van der Waals surface area contributed by atoms with Crippen LogP contribution in [0.5, 0.6) is 0 Å². The topological polar surface area (TPSA) is 40.6 Å². The highest BCUT2D eigenvalue weighted by molar-refractivity contribution is 6.09. The largest absolute Gasteiger partial charge is 0.375 e. The number of hydrogen-bond acceptors (Lipinski definition) is 4. The zero-order valence-corrected chi connectivity index (χ0v) is 21.5. The quantitative estimate of drug-likeness (QED) is 0.263. The Bertz CT molecular complexity index is 1140. The van der Waals surface area contributed by atoms with E-state index in [0.29, 0.717) is 0 Å². The number of rotatable bonds is 8. The molecule has 36 heavy (non-hydrogen) atoms. The molecule has 0 saturated heterocycles.